The Labute approximate surface area is 81.2 Å². The van der Waals surface area contributed by atoms with Gasteiger partial charge < -0.3 is 15.9 Å². The minimum Gasteiger partial charge on any atom is -0.411 e. The van der Waals surface area contributed by atoms with Gasteiger partial charge in [-0.2, -0.15) is 0 Å². The number of hydrogen-bond donors (Lipinski definition) is 2. The highest BCUT2D eigenvalue weighted by molar-refractivity contribution is 5.75. The van der Waals surface area contributed by atoms with E-state index in [1.165, 1.54) is 4.57 Å². The fourth-order valence-electron chi connectivity index (χ4n) is 1.00. The molecule has 1 heterocycles. The first-order chi connectivity index (χ1) is 6.50. The molecule has 0 radical (unpaired) electrons. The van der Waals surface area contributed by atoms with E-state index in [2.05, 4.69) is 4.99 Å². The summed E-state index contributed by atoms with van der Waals surface area (Å²) >= 11 is 0. The summed E-state index contributed by atoms with van der Waals surface area (Å²) in [5, 5.41) is 0. The summed E-state index contributed by atoms with van der Waals surface area (Å²) in [4.78, 5) is 14.9. The molecule has 0 aliphatic heterocycles. The van der Waals surface area contributed by atoms with Gasteiger partial charge in [0.1, 0.15) is 12.3 Å². The quantitative estimate of drug-likeness (QED) is 0.518. The summed E-state index contributed by atoms with van der Waals surface area (Å²) in [5.41, 5.74) is 10.3. The van der Waals surface area contributed by atoms with Gasteiger partial charge in [0.05, 0.1) is 6.20 Å². The molecule has 6 heteroatoms. The lowest BCUT2D eigenvalue weighted by Gasteiger charge is -2.00. The van der Waals surface area contributed by atoms with Crippen LogP contribution in [0.5, 0.6) is 0 Å². The van der Waals surface area contributed by atoms with Crippen LogP contribution in [-0.4, -0.2) is 10.5 Å². The molecule has 0 fully saturated rings. The number of hydrogen-bond acceptors (Lipinski definition) is 3. The van der Waals surface area contributed by atoms with Crippen molar-refractivity contribution in [3.63, 3.8) is 0 Å². The lowest BCUT2D eigenvalue weighted by Crippen LogP contribution is -2.22. The third kappa shape index (κ3) is 2.38. The van der Waals surface area contributed by atoms with E-state index in [1.807, 2.05) is 13.8 Å². The molecule has 0 saturated carbocycles. The molecule has 1 rings (SSSR count). The Bertz CT molecular complexity index is 384. The Balaban J connectivity index is 2.87. The van der Waals surface area contributed by atoms with Crippen LogP contribution in [0.15, 0.2) is 20.4 Å². The van der Waals surface area contributed by atoms with Gasteiger partial charge >= 0.3 is 5.76 Å². The van der Waals surface area contributed by atoms with Crippen molar-refractivity contribution in [2.45, 2.75) is 26.4 Å². The van der Waals surface area contributed by atoms with E-state index in [0.29, 0.717) is 5.76 Å². The molecule has 0 aromatic carbocycles. The van der Waals surface area contributed by atoms with Gasteiger partial charge in [-0.05, 0) is 13.8 Å². The molecule has 0 atom stereocenters. The van der Waals surface area contributed by atoms with Gasteiger partial charge in [-0.1, -0.05) is 0 Å². The lowest BCUT2D eigenvalue weighted by molar-refractivity contribution is 0.433. The minimum absolute atomic E-state index is 0.0232. The highest BCUT2D eigenvalue weighted by Crippen LogP contribution is 2.04. The number of aromatic nitrogens is 1. The van der Waals surface area contributed by atoms with Gasteiger partial charge in [0.2, 0.25) is 0 Å². The highest BCUT2D eigenvalue weighted by atomic mass is 16.4. The van der Waals surface area contributed by atoms with Gasteiger partial charge in [0.25, 0.3) is 0 Å². The van der Waals surface area contributed by atoms with Gasteiger partial charge in [0, 0.05) is 6.04 Å². The summed E-state index contributed by atoms with van der Waals surface area (Å²) < 4.78 is 6.40. The van der Waals surface area contributed by atoms with Crippen LogP contribution in [-0.2, 0) is 6.54 Å². The van der Waals surface area contributed by atoms with E-state index in [4.69, 9.17) is 15.9 Å². The molecule has 0 aliphatic carbocycles. The maximum atomic E-state index is 11.2. The van der Waals surface area contributed by atoms with Crippen molar-refractivity contribution in [3.05, 3.63) is 22.5 Å². The van der Waals surface area contributed by atoms with Crippen LogP contribution < -0.4 is 17.2 Å². The number of nitrogens with zero attached hydrogens (tertiary/aromatic N) is 2. The fourth-order valence-corrected chi connectivity index (χ4v) is 1.00. The molecule has 0 spiro atoms. The average Bonchev–Trinajstić information content (AvgIpc) is 2.43. The van der Waals surface area contributed by atoms with Crippen LogP contribution in [0.3, 0.4) is 0 Å². The Hall–Kier alpha value is -1.72. The molecule has 1 aromatic rings. The molecule has 14 heavy (non-hydrogen) atoms. The van der Waals surface area contributed by atoms with Crippen LogP contribution in [0.2, 0.25) is 0 Å². The monoisotopic (exact) mass is 198 g/mol. The predicted octanol–water partition coefficient (Wildman–Crippen LogP) is -0.204. The van der Waals surface area contributed by atoms with E-state index >= 15 is 0 Å². The maximum absolute atomic E-state index is 11.2. The Morgan fingerprint density at radius 1 is 1.64 bits per heavy atom. The maximum Gasteiger partial charge on any atom is 0.419 e. The van der Waals surface area contributed by atoms with Crippen LogP contribution in [0, 0.1) is 0 Å². The van der Waals surface area contributed by atoms with E-state index in [9.17, 15) is 4.79 Å². The topological polar surface area (TPSA) is 99.5 Å². The summed E-state index contributed by atoms with van der Waals surface area (Å²) in [6.45, 7) is 3.97. The molecule has 0 bridgehead atoms. The second kappa shape index (κ2) is 3.99. The molecule has 0 amide bonds. The fraction of sp³-hybridized carbons (Fsp3) is 0.500. The van der Waals surface area contributed by atoms with Gasteiger partial charge in [-0.25, -0.2) is 9.79 Å². The van der Waals surface area contributed by atoms with Crippen molar-refractivity contribution in [2.75, 3.05) is 0 Å². The molecular weight excluding hydrogens is 184 g/mol. The zero-order valence-corrected chi connectivity index (χ0v) is 8.23. The Kier molecular flexibility index (Phi) is 2.95. The molecule has 4 N–H and O–H groups in total. The second-order valence-electron chi connectivity index (χ2n) is 3.21. The lowest BCUT2D eigenvalue weighted by atomic mass is 10.4. The number of nitrogens with two attached hydrogens (primary N) is 2. The van der Waals surface area contributed by atoms with Crippen molar-refractivity contribution in [3.8, 4) is 0 Å². The summed E-state index contributed by atoms with van der Waals surface area (Å²) in [6, 6.07) is 0.0687. The van der Waals surface area contributed by atoms with E-state index in [-0.39, 0.29) is 24.3 Å². The number of guanidine groups is 1. The zero-order chi connectivity index (χ0) is 10.7. The SMILES string of the molecule is CC(C)n1cc(CN=C(N)N)oc1=O. The van der Waals surface area contributed by atoms with Crippen molar-refractivity contribution in [1.82, 2.24) is 4.57 Å². The number of rotatable bonds is 3. The third-order valence-corrected chi connectivity index (χ3v) is 1.69. The predicted molar refractivity (Wildman–Crippen MR) is 52.9 cm³/mol. The minimum atomic E-state index is -0.388. The molecule has 6 nitrogen and oxygen atoms in total. The van der Waals surface area contributed by atoms with Crippen molar-refractivity contribution in [2.24, 2.45) is 16.5 Å². The van der Waals surface area contributed by atoms with Crippen LogP contribution in [0.4, 0.5) is 0 Å². The van der Waals surface area contributed by atoms with E-state index in [0.717, 1.165) is 0 Å². The first-order valence-corrected chi connectivity index (χ1v) is 4.27. The molecule has 1 aromatic heterocycles. The normalized spacial score (nSPS) is 10.5. The standard InChI is InChI=1S/C8H14N4O2/c1-5(2)12-4-6(14-8(12)13)3-11-7(9)10/h4-5H,3H2,1-2H3,(H4,9,10,11). The largest absolute Gasteiger partial charge is 0.419 e. The summed E-state index contributed by atoms with van der Waals surface area (Å²) in [7, 11) is 0. The zero-order valence-electron chi connectivity index (χ0n) is 8.23. The molecule has 0 saturated heterocycles. The van der Waals surface area contributed by atoms with E-state index < -0.39 is 0 Å². The number of oxazole rings is 1. The van der Waals surface area contributed by atoms with E-state index in [1.54, 1.807) is 6.20 Å². The average molecular weight is 198 g/mol. The Morgan fingerprint density at radius 2 is 2.29 bits per heavy atom. The van der Waals surface area contributed by atoms with Crippen molar-refractivity contribution in [1.29, 1.82) is 0 Å². The van der Waals surface area contributed by atoms with Gasteiger partial charge in [0.15, 0.2) is 5.96 Å². The van der Waals surface area contributed by atoms with Gasteiger partial charge in [-0.3, -0.25) is 4.57 Å². The highest BCUT2D eigenvalue weighted by Gasteiger charge is 2.07. The first kappa shape index (κ1) is 10.4. The first-order valence-electron chi connectivity index (χ1n) is 4.27. The third-order valence-electron chi connectivity index (χ3n) is 1.69. The summed E-state index contributed by atoms with van der Waals surface area (Å²) in [6.07, 6.45) is 1.61. The molecule has 0 aliphatic rings. The smallest absolute Gasteiger partial charge is 0.411 e. The molecular formula is C8H14N4O2. The van der Waals surface area contributed by atoms with Crippen LogP contribution in [0.1, 0.15) is 25.6 Å². The second-order valence-corrected chi connectivity index (χ2v) is 3.21. The van der Waals surface area contributed by atoms with Crippen molar-refractivity contribution < 1.29 is 4.42 Å². The Morgan fingerprint density at radius 3 is 2.71 bits per heavy atom. The van der Waals surface area contributed by atoms with Crippen molar-refractivity contribution >= 4 is 5.96 Å². The molecule has 0 unspecified atom stereocenters. The number of aliphatic imine (C=N–C) groups is 1. The van der Waals surface area contributed by atoms with Gasteiger partial charge in [-0.15, -0.1) is 0 Å². The summed E-state index contributed by atoms with van der Waals surface area (Å²) in [5.74, 6) is 0.0443. The van der Waals surface area contributed by atoms with Crippen LogP contribution in [0.25, 0.3) is 0 Å². The molecule has 78 valence electrons. The van der Waals surface area contributed by atoms with Crippen LogP contribution >= 0.6 is 0 Å².